The van der Waals surface area contributed by atoms with Crippen LogP contribution in [0.4, 0.5) is 0 Å². The van der Waals surface area contributed by atoms with Crippen LogP contribution in [0, 0.1) is 0 Å². The number of hydrogen-bond donors (Lipinski definition) is 2. The SMILES string of the molecule is CCCCN.O=S(O)c1ccc(Cl)cc1. The van der Waals surface area contributed by atoms with Crippen molar-refractivity contribution in [3.05, 3.63) is 29.3 Å². The highest BCUT2D eigenvalue weighted by molar-refractivity contribution is 7.79. The maximum Gasteiger partial charge on any atom is 0.186 e. The van der Waals surface area contributed by atoms with Gasteiger partial charge in [-0.25, -0.2) is 4.21 Å². The Morgan fingerprint density at radius 3 is 2.20 bits per heavy atom. The number of halogens is 1. The van der Waals surface area contributed by atoms with Crippen LogP contribution in [-0.4, -0.2) is 15.3 Å². The van der Waals surface area contributed by atoms with Crippen LogP contribution >= 0.6 is 11.6 Å². The highest BCUT2D eigenvalue weighted by atomic mass is 35.5. The maximum absolute atomic E-state index is 10.4. The lowest BCUT2D eigenvalue weighted by Gasteiger charge is -1.92. The molecule has 0 aromatic heterocycles. The molecule has 0 aliphatic carbocycles. The van der Waals surface area contributed by atoms with Crippen molar-refractivity contribution in [1.29, 1.82) is 0 Å². The fourth-order valence-corrected chi connectivity index (χ4v) is 1.25. The summed E-state index contributed by atoms with van der Waals surface area (Å²) in [6.45, 7) is 2.98. The van der Waals surface area contributed by atoms with Gasteiger partial charge in [0.1, 0.15) is 0 Å². The lowest BCUT2D eigenvalue weighted by Crippen LogP contribution is -1.95. The van der Waals surface area contributed by atoms with Crippen molar-refractivity contribution >= 4 is 22.7 Å². The fraction of sp³-hybridized carbons (Fsp3) is 0.400. The Kier molecular flexibility index (Phi) is 8.61. The van der Waals surface area contributed by atoms with Crippen molar-refractivity contribution < 1.29 is 8.76 Å². The minimum absolute atomic E-state index is 0.365. The van der Waals surface area contributed by atoms with Crippen molar-refractivity contribution in [2.45, 2.75) is 24.7 Å². The lowest BCUT2D eigenvalue weighted by atomic mass is 10.3. The molecule has 0 saturated heterocycles. The second kappa shape index (κ2) is 8.85. The topological polar surface area (TPSA) is 63.3 Å². The van der Waals surface area contributed by atoms with Gasteiger partial charge in [0, 0.05) is 5.02 Å². The molecule has 0 aliphatic rings. The predicted molar refractivity (Wildman–Crippen MR) is 64.5 cm³/mol. The van der Waals surface area contributed by atoms with Crippen LogP contribution in [0.2, 0.25) is 5.02 Å². The zero-order valence-corrected chi connectivity index (χ0v) is 10.2. The van der Waals surface area contributed by atoms with E-state index in [0.29, 0.717) is 9.92 Å². The number of rotatable bonds is 3. The Morgan fingerprint density at radius 2 is 1.93 bits per heavy atom. The van der Waals surface area contributed by atoms with E-state index in [1.165, 1.54) is 25.0 Å². The van der Waals surface area contributed by atoms with Gasteiger partial charge in [0.15, 0.2) is 11.1 Å². The van der Waals surface area contributed by atoms with E-state index in [4.69, 9.17) is 21.9 Å². The number of nitrogens with two attached hydrogens (primary N) is 1. The van der Waals surface area contributed by atoms with Crippen LogP contribution in [0.25, 0.3) is 0 Å². The molecule has 15 heavy (non-hydrogen) atoms. The zero-order valence-electron chi connectivity index (χ0n) is 8.65. The molecule has 3 nitrogen and oxygen atoms in total. The zero-order chi connectivity index (χ0) is 11.7. The molecule has 0 bridgehead atoms. The summed E-state index contributed by atoms with van der Waals surface area (Å²) in [6, 6.07) is 6.17. The third kappa shape index (κ3) is 7.50. The Bertz CT molecular complexity index is 288. The summed E-state index contributed by atoms with van der Waals surface area (Å²) in [6.07, 6.45) is 2.39. The van der Waals surface area contributed by atoms with Gasteiger partial charge in [0.05, 0.1) is 4.90 Å². The maximum atomic E-state index is 10.4. The average Bonchev–Trinajstić information content (AvgIpc) is 2.20. The van der Waals surface area contributed by atoms with Gasteiger partial charge < -0.3 is 10.3 Å². The molecule has 0 saturated carbocycles. The summed E-state index contributed by atoms with van der Waals surface area (Å²) >= 11 is 3.64. The van der Waals surface area contributed by atoms with E-state index in [0.717, 1.165) is 6.54 Å². The highest BCUT2D eigenvalue weighted by Gasteiger charge is 1.96. The van der Waals surface area contributed by atoms with E-state index in [2.05, 4.69) is 6.92 Å². The normalized spacial score (nSPS) is 11.5. The van der Waals surface area contributed by atoms with Gasteiger partial charge in [-0.1, -0.05) is 24.9 Å². The molecular formula is C10H16ClNO2S. The van der Waals surface area contributed by atoms with Crippen molar-refractivity contribution in [2.24, 2.45) is 5.73 Å². The van der Waals surface area contributed by atoms with Gasteiger partial charge in [-0.2, -0.15) is 0 Å². The van der Waals surface area contributed by atoms with Crippen LogP contribution in [0.3, 0.4) is 0 Å². The van der Waals surface area contributed by atoms with E-state index >= 15 is 0 Å². The molecule has 1 unspecified atom stereocenters. The van der Waals surface area contributed by atoms with Gasteiger partial charge in [0.2, 0.25) is 0 Å². The van der Waals surface area contributed by atoms with Crippen molar-refractivity contribution in [3.8, 4) is 0 Å². The Balaban J connectivity index is 0.000000336. The van der Waals surface area contributed by atoms with Crippen LogP contribution in [0.5, 0.6) is 0 Å². The largest absolute Gasteiger partial charge is 0.330 e. The molecule has 1 aromatic rings. The Hall–Kier alpha value is -0.420. The predicted octanol–water partition coefficient (Wildman–Crippen LogP) is 2.67. The van der Waals surface area contributed by atoms with Gasteiger partial charge in [0.25, 0.3) is 0 Å². The van der Waals surface area contributed by atoms with E-state index < -0.39 is 11.1 Å². The molecular weight excluding hydrogens is 234 g/mol. The van der Waals surface area contributed by atoms with Gasteiger partial charge >= 0.3 is 0 Å². The first kappa shape index (κ1) is 14.6. The molecule has 1 aromatic carbocycles. The van der Waals surface area contributed by atoms with Crippen molar-refractivity contribution in [1.82, 2.24) is 0 Å². The molecule has 3 N–H and O–H groups in total. The highest BCUT2D eigenvalue weighted by Crippen LogP contribution is 2.10. The monoisotopic (exact) mass is 249 g/mol. The summed E-state index contributed by atoms with van der Waals surface area (Å²) in [5.41, 5.74) is 5.14. The summed E-state index contributed by atoms with van der Waals surface area (Å²) in [4.78, 5) is 0.365. The number of unbranched alkanes of at least 4 members (excludes halogenated alkanes) is 1. The molecule has 0 spiro atoms. The molecule has 0 amide bonds. The van der Waals surface area contributed by atoms with Gasteiger partial charge in [-0.15, -0.1) is 0 Å². The molecule has 0 radical (unpaired) electrons. The van der Waals surface area contributed by atoms with E-state index in [1.807, 2.05) is 0 Å². The molecule has 5 heteroatoms. The molecule has 1 atom stereocenters. The van der Waals surface area contributed by atoms with Gasteiger partial charge in [-0.3, -0.25) is 0 Å². The fourth-order valence-electron chi connectivity index (χ4n) is 0.755. The second-order valence-corrected chi connectivity index (χ2v) is 4.25. The quantitative estimate of drug-likeness (QED) is 0.810. The van der Waals surface area contributed by atoms with Crippen LogP contribution < -0.4 is 5.73 Å². The smallest absolute Gasteiger partial charge is 0.186 e. The number of hydrogen-bond acceptors (Lipinski definition) is 2. The number of benzene rings is 1. The van der Waals surface area contributed by atoms with Crippen LogP contribution in [0.1, 0.15) is 19.8 Å². The first-order chi connectivity index (χ1) is 7.11. The second-order valence-electron chi connectivity index (χ2n) is 2.85. The van der Waals surface area contributed by atoms with Crippen molar-refractivity contribution in [3.63, 3.8) is 0 Å². The Labute approximate surface area is 97.9 Å². The minimum atomic E-state index is -1.90. The first-order valence-electron chi connectivity index (χ1n) is 4.68. The summed E-state index contributed by atoms with van der Waals surface area (Å²) in [7, 11) is 0. The van der Waals surface area contributed by atoms with Crippen LogP contribution in [-0.2, 0) is 11.1 Å². The lowest BCUT2D eigenvalue weighted by molar-refractivity contribution is 0.564. The van der Waals surface area contributed by atoms with E-state index in [9.17, 15) is 4.21 Å². The first-order valence-corrected chi connectivity index (χ1v) is 6.16. The van der Waals surface area contributed by atoms with E-state index in [-0.39, 0.29) is 0 Å². The molecule has 1 rings (SSSR count). The third-order valence-electron chi connectivity index (χ3n) is 1.57. The average molecular weight is 250 g/mol. The summed E-state index contributed by atoms with van der Waals surface area (Å²) in [5.74, 6) is 0. The molecule has 0 heterocycles. The van der Waals surface area contributed by atoms with Crippen LogP contribution in [0.15, 0.2) is 29.2 Å². The van der Waals surface area contributed by atoms with Crippen molar-refractivity contribution in [2.75, 3.05) is 6.54 Å². The third-order valence-corrected chi connectivity index (χ3v) is 2.50. The summed E-state index contributed by atoms with van der Waals surface area (Å²) in [5, 5.41) is 0.564. The molecule has 0 fully saturated rings. The van der Waals surface area contributed by atoms with Gasteiger partial charge in [-0.05, 0) is 37.2 Å². The molecule has 86 valence electrons. The van der Waals surface area contributed by atoms with E-state index in [1.54, 1.807) is 12.1 Å². The Morgan fingerprint density at radius 1 is 1.40 bits per heavy atom. The minimum Gasteiger partial charge on any atom is -0.330 e. The standard InChI is InChI=1S/C6H5ClO2S.C4H11N/c7-5-1-3-6(4-2-5)10(8)9;1-2-3-4-5/h1-4H,(H,8,9);2-5H2,1H3. The summed E-state index contributed by atoms with van der Waals surface area (Å²) < 4.78 is 18.9. The molecule has 0 aliphatic heterocycles.